The van der Waals surface area contributed by atoms with Crippen LogP contribution < -0.4 is 15.4 Å². The molecule has 0 heterocycles. The zero-order valence-corrected chi connectivity index (χ0v) is 10.8. The van der Waals surface area contributed by atoms with Crippen LogP contribution in [0.25, 0.3) is 0 Å². The van der Waals surface area contributed by atoms with Gasteiger partial charge in [-0.15, -0.1) is 0 Å². The van der Waals surface area contributed by atoms with E-state index in [-0.39, 0.29) is 12.5 Å². The number of nitrogens with one attached hydrogen (secondary N) is 2. The van der Waals surface area contributed by atoms with Crippen molar-refractivity contribution in [2.45, 2.75) is 19.8 Å². The van der Waals surface area contributed by atoms with Gasteiger partial charge in [0.1, 0.15) is 5.75 Å². The Morgan fingerprint density at radius 3 is 2.84 bits per heavy atom. The fraction of sp³-hybridized carbons (Fsp3) is 0.385. The Morgan fingerprint density at radius 1 is 1.37 bits per heavy atom. The highest BCUT2D eigenvalue weighted by atomic mass is 16.5. The van der Waals surface area contributed by atoms with Crippen LogP contribution in [-0.4, -0.2) is 30.3 Å². The van der Waals surface area contributed by atoms with E-state index in [1.54, 1.807) is 24.3 Å². The molecule has 0 aliphatic rings. The molecule has 6 heteroatoms. The SMILES string of the molecule is CCOc1cccc(NC(=O)NCCCC(=O)O)c1. The van der Waals surface area contributed by atoms with Crippen molar-refractivity contribution in [2.24, 2.45) is 0 Å². The molecule has 3 N–H and O–H groups in total. The molecule has 0 atom stereocenters. The van der Waals surface area contributed by atoms with Gasteiger partial charge < -0.3 is 20.5 Å². The van der Waals surface area contributed by atoms with Gasteiger partial charge >= 0.3 is 12.0 Å². The molecule has 0 aliphatic carbocycles. The molecule has 0 unspecified atom stereocenters. The maximum atomic E-state index is 11.5. The van der Waals surface area contributed by atoms with E-state index in [2.05, 4.69) is 10.6 Å². The Balaban J connectivity index is 2.35. The first kappa shape index (κ1) is 14.8. The van der Waals surface area contributed by atoms with Crippen molar-refractivity contribution in [2.75, 3.05) is 18.5 Å². The van der Waals surface area contributed by atoms with Crippen molar-refractivity contribution in [3.8, 4) is 5.75 Å². The largest absolute Gasteiger partial charge is 0.494 e. The smallest absolute Gasteiger partial charge is 0.319 e. The molecule has 1 aromatic rings. The predicted octanol–water partition coefficient (Wildman–Crippen LogP) is 2.07. The van der Waals surface area contributed by atoms with Gasteiger partial charge in [-0.1, -0.05) is 6.07 Å². The van der Waals surface area contributed by atoms with Gasteiger partial charge in [0.15, 0.2) is 0 Å². The number of ether oxygens (including phenoxy) is 1. The van der Waals surface area contributed by atoms with Crippen LogP contribution in [0.5, 0.6) is 5.75 Å². The van der Waals surface area contributed by atoms with Crippen LogP contribution in [0.4, 0.5) is 10.5 Å². The summed E-state index contributed by atoms with van der Waals surface area (Å²) >= 11 is 0. The Hall–Kier alpha value is -2.24. The van der Waals surface area contributed by atoms with Gasteiger partial charge in [-0.2, -0.15) is 0 Å². The molecule has 1 aromatic carbocycles. The standard InChI is InChI=1S/C13H18N2O4/c1-2-19-11-6-3-5-10(9-11)15-13(18)14-8-4-7-12(16)17/h3,5-6,9H,2,4,7-8H2,1H3,(H,16,17)(H2,14,15,18). The summed E-state index contributed by atoms with van der Waals surface area (Å²) in [5.74, 6) is -0.183. The minimum absolute atomic E-state index is 0.0418. The summed E-state index contributed by atoms with van der Waals surface area (Å²) in [6.45, 7) is 2.77. The molecule has 0 saturated heterocycles. The van der Waals surface area contributed by atoms with E-state index >= 15 is 0 Å². The van der Waals surface area contributed by atoms with Crippen LogP contribution in [0, 0.1) is 0 Å². The van der Waals surface area contributed by atoms with Crippen LogP contribution in [0.1, 0.15) is 19.8 Å². The molecule has 0 fully saturated rings. The maximum absolute atomic E-state index is 11.5. The second-order valence-corrected chi connectivity index (χ2v) is 3.84. The van der Waals surface area contributed by atoms with Crippen LogP contribution in [0.2, 0.25) is 0 Å². The van der Waals surface area contributed by atoms with Crippen LogP contribution in [0.3, 0.4) is 0 Å². The highest BCUT2D eigenvalue weighted by molar-refractivity contribution is 5.89. The van der Waals surface area contributed by atoms with Gasteiger partial charge in [-0.25, -0.2) is 4.79 Å². The van der Waals surface area contributed by atoms with Crippen LogP contribution >= 0.6 is 0 Å². The van der Waals surface area contributed by atoms with E-state index in [1.807, 2.05) is 6.92 Å². The first-order valence-corrected chi connectivity index (χ1v) is 6.11. The topological polar surface area (TPSA) is 87.7 Å². The molecular formula is C13H18N2O4. The van der Waals surface area contributed by atoms with Crippen molar-refractivity contribution in [3.05, 3.63) is 24.3 Å². The average molecular weight is 266 g/mol. The van der Waals surface area contributed by atoms with Crippen molar-refractivity contribution < 1.29 is 19.4 Å². The number of anilines is 1. The van der Waals surface area contributed by atoms with E-state index in [9.17, 15) is 9.59 Å². The number of carboxylic acids is 1. The molecular weight excluding hydrogens is 248 g/mol. The summed E-state index contributed by atoms with van der Waals surface area (Å²) < 4.78 is 5.32. The number of hydrogen-bond donors (Lipinski definition) is 3. The van der Waals surface area contributed by atoms with Crippen molar-refractivity contribution in [1.29, 1.82) is 0 Å². The third kappa shape index (κ3) is 6.30. The Labute approximate surface area is 111 Å². The minimum Gasteiger partial charge on any atom is -0.494 e. The number of rotatable bonds is 7. The number of hydrogen-bond acceptors (Lipinski definition) is 3. The normalized spacial score (nSPS) is 9.74. The molecule has 0 spiro atoms. The highest BCUT2D eigenvalue weighted by Crippen LogP contribution is 2.16. The van der Waals surface area contributed by atoms with Gasteiger partial charge in [-0.3, -0.25) is 4.79 Å². The fourth-order valence-corrected chi connectivity index (χ4v) is 1.45. The molecule has 2 amide bonds. The summed E-state index contributed by atoms with van der Waals surface area (Å²) in [5, 5.41) is 13.7. The Bertz CT molecular complexity index is 434. The van der Waals surface area contributed by atoms with E-state index in [1.165, 1.54) is 0 Å². The second kappa shape index (κ2) is 7.97. The van der Waals surface area contributed by atoms with Crippen LogP contribution in [-0.2, 0) is 4.79 Å². The third-order valence-electron chi connectivity index (χ3n) is 2.26. The lowest BCUT2D eigenvalue weighted by Crippen LogP contribution is -2.29. The monoisotopic (exact) mass is 266 g/mol. The summed E-state index contributed by atoms with van der Waals surface area (Å²) in [6, 6.07) is 6.70. The lowest BCUT2D eigenvalue weighted by molar-refractivity contribution is -0.137. The number of carbonyl (C=O) groups excluding carboxylic acids is 1. The van der Waals surface area contributed by atoms with Gasteiger partial charge in [0.25, 0.3) is 0 Å². The molecule has 104 valence electrons. The predicted molar refractivity (Wildman–Crippen MR) is 71.5 cm³/mol. The summed E-state index contributed by atoms with van der Waals surface area (Å²) in [6.07, 6.45) is 0.446. The van der Waals surface area contributed by atoms with Gasteiger partial charge in [0.2, 0.25) is 0 Å². The highest BCUT2D eigenvalue weighted by Gasteiger charge is 2.03. The average Bonchev–Trinajstić information content (AvgIpc) is 2.35. The van der Waals surface area contributed by atoms with E-state index < -0.39 is 5.97 Å². The van der Waals surface area contributed by atoms with Gasteiger partial charge in [0.05, 0.1) is 6.61 Å². The Kier molecular flexibility index (Phi) is 6.21. The second-order valence-electron chi connectivity index (χ2n) is 3.84. The van der Waals surface area contributed by atoms with Crippen molar-refractivity contribution >= 4 is 17.7 Å². The number of benzene rings is 1. The molecule has 19 heavy (non-hydrogen) atoms. The number of carbonyl (C=O) groups is 2. The number of urea groups is 1. The van der Waals surface area contributed by atoms with Gasteiger partial charge in [0, 0.05) is 24.7 Å². The molecule has 0 aromatic heterocycles. The molecule has 0 aliphatic heterocycles. The van der Waals surface area contributed by atoms with Crippen LogP contribution in [0.15, 0.2) is 24.3 Å². The molecule has 0 saturated carbocycles. The summed E-state index contributed by atoms with van der Waals surface area (Å²) in [4.78, 5) is 21.8. The zero-order chi connectivity index (χ0) is 14.1. The first-order valence-electron chi connectivity index (χ1n) is 6.11. The van der Waals surface area contributed by atoms with E-state index in [0.717, 1.165) is 0 Å². The zero-order valence-electron chi connectivity index (χ0n) is 10.8. The first-order chi connectivity index (χ1) is 9.11. The van der Waals surface area contributed by atoms with Crippen molar-refractivity contribution in [1.82, 2.24) is 5.32 Å². The number of aliphatic carboxylic acids is 1. The maximum Gasteiger partial charge on any atom is 0.319 e. The summed E-state index contributed by atoms with van der Waals surface area (Å²) in [5.41, 5.74) is 0.627. The molecule has 6 nitrogen and oxygen atoms in total. The fourth-order valence-electron chi connectivity index (χ4n) is 1.45. The Morgan fingerprint density at radius 2 is 2.16 bits per heavy atom. The van der Waals surface area contributed by atoms with E-state index in [0.29, 0.717) is 31.0 Å². The van der Waals surface area contributed by atoms with E-state index in [4.69, 9.17) is 9.84 Å². The number of carboxylic acid groups (broad SMARTS) is 1. The lowest BCUT2D eigenvalue weighted by atomic mass is 10.3. The van der Waals surface area contributed by atoms with Gasteiger partial charge in [-0.05, 0) is 25.5 Å². The molecule has 0 bridgehead atoms. The summed E-state index contributed by atoms with van der Waals surface area (Å²) in [7, 11) is 0. The quantitative estimate of drug-likeness (QED) is 0.659. The minimum atomic E-state index is -0.869. The molecule has 0 radical (unpaired) electrons. The number of amides is 2. The third-order valence-corrected chi connectivity index (χ3v) is 2.26. The molecule has 1 rings (SSSR count). The van der Waals surface area contributed by atoms with Crippen molar-refractivity contribution in [3.63, 3.8) is 0 Å². The lowest BCUT2D eigenvalue weighted by Gasteiger charge is -2.09.